The predicted molar refractivity (Wildman–Crippen MR) is 113 cm³/mol. The molecule has 148 valence electrons. The highest BCUT2D eigenvalue weighted by atomic mass is 16.2. The topological polar surface area (TPSA) is 49.4 Å². The van der Waals surface area contributed by atoms with Gasteiger partial charge in [-0.3, -0.25) is 9.59 Å². The van der Waals surface area contributed by atoms with Crippen LogP contribution in [0.4, 0.5) is 0 Å². The smallest absolute Gasteiger partial charge is 0.223 e. The predicted octanol–water partition coefficient (Wildman–Crippen LogP) is 4.54. The van der Waals surface area contributed by atoms with Crippen LogP contribution in [-0.2, 0) is 16.1 Å². The van der Waals surface area contributed by atoms with E-state index in [1.165, 1.54) is 11.1 Å². The van der Waals surface area contributed by atoms with E-state index >= 15 is 0 Å². The van der Waals surface area contributed by atoms with Crippen LogP contribution in [0, 0.1) is 0 Å². The molecular formula is C24H30N2O2. The van der Waals surface area contributed by atoms with Crippen LogP contribution in [0.15, 0.2) is 54.6 Å². The van der Waals surface area contributed by atoms with Gasteiger partial charge in [-0.2, -0.15) is 0 Å². The third-order valence-corrected chi connectivity index (χ3v) is 5.39. The molecule has 1 N–H and O–H groups in total. The summed E-state index contributed by atoms with van der Waals surface area (Å²) >= 11 is 0. The summed E-state index contributed by atoms with van der Waals surface area (Å²) in [4.78, 5) is 26.4. The molecule has 1 heterocycles. The lowest BCUT2D eigenvalue weighted by Gasteiger charge is -2.24. The number of benzene rings is 2. The molecule has 4 heteroatoms. The fourth-order valence-electron chi connectivity index (χ4n) is 3.74. The molecule has 28 heavy (non-hydrogen) atoms. The van der Waals surface area contributed by atoms with E-state index in [9.17, 15) is 9.59 Å². The highest BCUT2D eigenvalue weighted by molar-refractivity contribution is 5.82. The van der Waals surface area contributed by atoms with Crippen molar-refractivity contribution >= 4 is 11.8 Å². The Kier molecular flexibility index (Phi) is 7.24. The van der Waals surface area contributed by atoms with Crippen molar-refractivity contribution in [1.29, 1.82) is 0 Å². The first kappa shape index (κ1) is 20.1. The van der Waals surface area contributed by atoms with Gasteiger partial charge < -0.3 is 10.2 Å². The lowest BCUT2D eigenvalue weighted by Crippen LogP contribution is -2.37. The van der Waals surface area contributed by atoms with Crippen molar-refractivity contribution in [1.82, 2.24) is 10.2 Å². The van der Waals surface area contributed by atoms with Gasteiger partial charge in [0.25, 0.3) is 0 Å². The van der Waals surface area contributed by atoms with E-state index in [0.29, 0.717) is 19.4 Å². The highest BCUT2D eigenvalue weighted by Gasteiger charge is 2.32. The summed E-state index contributed by atoms with van der Waals surface area (Å²) in [7, 11) is 0. The fraction of sp³-hybridized carbons (Fsp3) is 0.417. The Hall–Kier alpha value is -2.62. The summed E-state index contributed by atoms with van der Waals surface area (Å²) in [6.45, 7) is 3.45. The minimum Gasteiger partial charge on any atom is -0.356 e. The standard InChI is InChI=1S/C24H30N2O2/c1-2-3-7-16-25-23(27)17-22-14-15-24(28)26(22)18-19-10-12-21(13-11-19)20-8-5-4-6-9-20/h4-6,8-13,22H,2-3,7,14-18H2,1H3,(H,25,27). The Morgan fingerprint density at radius 3 is 2.46 bits per heavy atom. The zero-order valence-electron chi connectivity index (χ0n) is 16.7. The first-order valence-corrected chi connectivity index (χ1v) is 10.4. The maximum Gasteiger partial charge on any atom is 0.223 e. The molecule has 2 amide bonds. The number of unbranched alkanes of at least 4 members (excludes halogenated alkanes) is 2. The molecule has 2 aromatic rings. The average Bonchev–Trinajstić information content (AvgIpc) is 3.06. The molecule has 1 fully saturated rings. The van der Waals surface area contributed by atoms with Crippen LogP contribution < -0.4 is 5.32 Å². The van der Waals surface area contributed by atoms with Crippen molar-refractivity contribution in [2.45, 2.75) is 58.0 Å². The molecule has 1 aliphatic rings. The van der Waals surface area contributed by atoms with Crippen molar-refractivity contribution in [3.63, 3.8) is 0 Å². The maximum absolute atomic E-state index is 12.4. The molecule has 1 atom stereocenters. The van der Waals surface area contributed by atoms with E-state index in [2.05, 4.69) is 48.6 Å². The second-order valence-electron chi connectivity index (χ2n) is 7.54. The van der Waals surface area contributed by atoms with E-state index in [-0.39, 0.29) is 17.9 Å². The number of hydrogen-bond acceptors (Lipinski definition) is 2. The van der Waals surface area contributed by atoms with Gasteiger partial charge in [0.05, 0.1) is 0 Å². The average molecular weight is 379 g/mol. The number of hydrogen-bond donors (Lipinski definition) is 1. The van der Waals surface area contributed by atoms with Gasteiger partial charge in [-0.05, 0) is 29.5 Å². The van der Waals surface area contributed by atoms with Crippen molar-refractivity contribution in [3.05, 3.63) is 60.2 Å². The molecule has 0 radical (unpaired) electrons. The SMILES string of the molecule is CCCCCNC(=O)CC1CCC(=O)N1Cc1ccc(-c2ccccc2)cc1. The Bertz CT molecular complexity index is 771. The molecular weight excluding hydrogens is 348 g/mol. The molecule has 4 nitrogen and oxygen atoms in total. The van der Waals surface area contributed by atoms with Gasteiger partial charge in [0, 0.05) is 32.0 Å². The monoisotopic (exact) mass is 378 g/mol. The van der Waals surface area contributed by atoms with E-state index in [1.807, 2.05) is 23.1 Å². The second-order valence-corrected chi connectivity index (χ2v) is 7.54. The normalized spacial score (nSPS) is 16.4. The summed E-state index contributed by atoms with van der Waals surface area (Å²) < 4.78 is 0. The number of carbonyl (C=O) groups is 2. The van der Waals surface area contributed by atoms with Crippen LogP contribution >= 0.6 is 0 Å². The second kappa shape index (κ2) is 10.1. The van der Waals surface area contributed by atoms with Crippen LogP contribution in [0.1, 0.15) is 51.0 Å². The fourth-order valence-corrected chi connectivity index (χ4v) is 3.74. The van der Waals surface area contributed by atoms with Gasteiger partial charge >= 0.3 is 0 Å². The third-order valence-electron chi connectivity index (χ3n) is 5.39. The van der Waals surface area contributed by atoms with Gasteiger partial charge in [0.15, 0.2) is 0 Å². The molecule has 0 bridgehead atoms. The molecule has 0 aromatic heterocycles. The number of nitrogens with zero attached hydrogens (tertiary/aromatic N) is 1. The Morgan fingerprint density at radius 1 is 1.04 bits per heavy atom. The number of amides is 2. The van der Waals surface area contributed by atoms with Crippen LogP contribution in [0.5, 0.6) is 0 Å². The van der Waals surface area contributed by atoms with Crippen molar-refractivity contribution in [3.8, 4) is 11.1 Å². The summed E-state index contributed by atoms with van der Waals surface area (Å²) in [5, 5.41) is 2.99. The Labute approximate surface area is 167 Å². The summed E-state index contributed by atoms with van der Waals surface area (Å²) in [6.07, 6.45) is 5.00. The lowest BCUT2D eigenvalue weighted by molar-refractivity contribution is -0.130. The molecule has 0 spiro atoms. The van der Waals surface area contributed by atoms with E-state index in [4.69, 9.17) is 0 Å². The van der Waals surface area contributed by atoms with Crippen molar-refractivity contribution in [2.75, 3.05) is 6.54 Å². The first-order chi connectivity index (χ1) is 13.7. The van der Waals surface area contributed by atoms with Gasteiger partial charge in [-0.25, -0.2) is 0 Å². The van der Waals surface area contributed by atoms with Crippen LogP contribution in [0.2, 0.25) is 0 Å². The third kappa shape index (κ3) is 5.44. The molecule has 2 aromatic carbocycles. The number of rotatable bonds is 9. The summed E-state index contributed by atoms with van der Waals surface area (Å²) in [5.74, 6) is 0.205. The van der Waals surface area contributed by atoms with Crippen molar-refractivity contribution < 1.29 is 9.59 Å². The van der Waals surface area contributed by atoms with Gasteiger partial charge in [-0.15, -0.1) is 0 Å². The van der Waals surface area contributed by atoms with Crippen LogP contribution in [0.25, 0.3) is 11.1 Å². The van der Waals surface area contributed by atoms with Crippen LogP contribution in [0.3, 0.4) is 0 Å². The molecule has 0 saturated carbocycles. The maximum atomic E-state index is 12.4. The van der Waals surface area contributed by atoms with E-state index in [0.717, 1.165) is 37.8 Å². The molecule has 1 aliphatic heterocycles. The largest absolute Gasteiger partial charge is 0.356 e. The van der Waals surface area contributed by atoms with E-state index < -0.39 is 0 Å². The minimum absolute atomic E-state index is 0.00692. The molecule has 1 unspecified atom stereocenters. The Balaban J connectivity index is 1.57. The van der Waals surface area contributed by atoms with Gasteiger partial charge in [0.2, 0.25) is 11.8 Å². The first-order valence-electron chi connectivity index (χ1n) is 10.4. The van der Waals surface area contributed by atoms with Crippen LogP contribution in [-0.4, -0.2) is 29.3 Å². The Morgan fingerprint density at radius 2 is 1.75 bits per heavy atom. The summed E-state index contributed by atoms with van der Waals surface area (Å²) in [6, 6.07) is 18.6. The molecule has 0 aliphatic carbocycles. The zero-order chi connectivity index (χ0) is 19.8. The minimum atomic E-state index is 0.00692. The molecule has 1 saturated heterocycles. The summed E-state index contributed by atoms with van der Waals surface area (Å²) in [5.41, 5.74) is 3.45. The van der Waals surface area contributed by atoms with Gasteiger partial charge in [-0.1, -0.05) is 74.4 Å². The van der Waals surface area contributed by atoms with Gasteiger partial charge in [0.1, 0.15) is 0 Å². The number of nitrogens with one attached hydrogen (secondary N) is 1. The van der Waals surface area contributed by atoms with Crippen molar-refractivity contribution in [2.24, 2.45) is 0 Å². The van der Waals surface area contributed by atoms with E-state index in [1.54, 1.807) is 0 Å². The zero-order valence-corrected chi connectivity index (χ0v) is 16.7. The highest BCUT2D eigenvalue weighted by Crippen LogP contribution is 2.25. The number of carbonyl (C=O) groups excluding carboxylic acids is 2. The molecule has 3 rings (SSSR count). The number of likely N-dealkylation sites (tertiary alicyclic amines) is 1. The quantitative estimate of drug-likeness (QED) is 0.651. The lowest BCUT2D eigenvalue weighted by atomic mass is 10.0.